The fourth-order valence-corrected chi connectivity index (χ4v) is 3.09. The highest BCUT2D eigenvalue weighted by Gasteiger charge is 2.19. The molecule has 0 aliphatic rings. The number of nitrogens with zero attached hydrogens (tertiary/aromatic N) is 1. The Hall–Kier alpha value is -2.73. The smallest absolute Gasteiger partial charge is 0.331 e. The third-order valence-corrected chi connectivity index (χ3v) is 4.24. The average Bonchev–Trinajstić information content (AvgIpc) is 2.92. The first-order valence-electron chi connectivity index (χ1n) is 8.64. The third kappa shape index (κ3) is 5.37. The Kier molecular flexibility index (Phi) is 7.07. The van der Waals surface area contributed by atoms with Crippen molar-refractivity contribution < 1.29 is 23.5 Å². The Labute approximate surface area is 158 Å². The van der Waals surface area contributed by atoms with Crippen LogP contribution >= 0.6 is 0 Å². The Bertz CT molecular complexity index is 854. The van der Waals surface area contributed by atoms with Crippen LogP contribution in [0.25, 0.3) is 6.08 Å². The molecule has 5 nitrogen and oxygen atoms in total. The van der Waals surface area contributed by atoms with E-state index in [4.69, 9.17) is 9.47 Å². The van der Waals surface area contributed by atoms with Gasteiger partial charge in [0.15, 0.2) is 6.61 Å². The number of carbonyl (C=O) groups is 2. The van der Waals surface area contributed by atoms with Crippen molar-refractivity contribution in [3.8, 4) is 0 Å². The van der Waals surface area contributed by atoms with Crippen LogP contribution in [0.15, 0.2) is 36.4 Å². The number of hydrogen-bond acceptors (Lipinski definition) is 4. The maximum Gasteiger partial charge on any atom is 0.331 e. The molecular formula is C21H24FNO4. The number of aryl methyl sites for hydroxylation is 1. The lowest BCUT2D eigenvalue weighted by Gasteiger charge is -2.17. The first-order chi connectivity index (χ1) is 12.8. The molecule has 27 heavy (non-hydrogen) atoms. The molecular weight excluding hydrogens is 349 g/mol. The Morgan fingerprint density at radius 2 is 2.00 bits per heavy atom. The third-order valence-electron chi connectivity index (χ3n) is 4.24. The van der Waals surface area contributed by atoms with Gasteiger partial charge in [0.25, 0.3) is 0 Å². The fraction of sp³-hybridized carbons (Fsp3) is 0.333. The Morgan fingerprint density at radius 1 is 1.26 bits per heavy atom. The zero-order valence-corrected chi connectivity index (χ0v) is 16.0. The molecule has 6 heteroatoms. The predicted molar refractivity (Wildman–Crippen MR) is 101 cm³/mol. The molecule has 2 aromatic rings. The lowest BCUT2D eigenvalue weighted by Crippen LogP contribution is -2.16. The van der Waals surface area contributed by atoms with Gasteiger partial charge in [-0.2, -0.15) is 0 Å². The first-order valence-corrected chi connectivity index (χ1v) is 8.64. The molecule has 1 aromatic carbocycles. The molecule has 0 aliphatic heterocycles. The number of benzene rings is 1. The summed E-state index contributed by atoms with van der Waals surface area (Å²) in [7, 11) is 1.63. The average molecular weight is 373 g/mol. The van der Waals surface area contributed by atoms with Crippen LogP contribution in [0.4, 0.5) is 4.39 Å². The zero-order valence-electron chi connectivity index (χ0n) is 16.0. The molecule has 0 aliphatic carbocycles. The van der Waals surface area contributed by atoms with Crippen molar-refractivity contribution in [2.24, 2.45) is 0 Å². The van der Waals surface area contributed by atoms with E-state index < -0.39 is 11.8 Å². The van der Waals surface area contributed by atoms with Crippen LogP contribution < -0.4 is 0 Å². The van der Waals surface area contributed by atoms with Crippen molar-refractivity contribution >= 4 is 17.8 Å². The second-order valence-electron chi connectivity index (χ2n) is 6.38. The lowest BCUT2D eigenvalue weighted by atomic mass is 10.1. The fourth-order valence-electron chi connectivity index (χ4n) is 3.09. The highest BCUT2D eigenvalue weighted by atomic mass is 19.1. The molecule has 0 amide bonds. The van der Waals surface area contributed by atoms with E-state index in [0.717, 1.165) is 11.4 Å². The highest BCUT2D eigenvalue weighted by molar-refractivity contribution is 6.00. The van der Waals surface area contributed by atoms with E-state index in [9.17, 15) is 14.0 Å². The Morgan fingerprint density at radius 3 is 2.67 bits per heavy atom. The van der Waals surface area contributed by atoms with Gasteiger partial charge in [0.05, 0.1) is 12.6 Å². The molecule has 0 radical (unpaired) electrons. The van der Waals surface area contributed by atoms with E-state index in [1.165, 1.54) is 24.3 Å². The molecule has 1 heterocycles. The highest BCUT2D eigenvalue weighted by Crippen LogP contribution is 2.21. The number of ketones is 1. The number of ether oxygens (including phenoxy) is 2. The predicted octanol–water partition coefficient (Wildman–Crippen LogP) is 3.89. The van der Waals surface area contributed by atoms with Crippen molar-refractivity contribution in [3.63, 3.8) is 0 Å². The summed E-state index contributed by atoms with van der Waals surface area (Å²) in [5.41, 5.74) is 2.82. The zero-order chi connectivity index (χ0) is 20.0. The van der Waals surface area contributed by atoms with Gasteiger partial charge < -0.3 is 14.0 Å². The number of methoxy groups -OCH3 is 1. The SMILES string of the molecule is COCC(C)n1c(C)cc(C(=O)COC(=O)/C=C/c2cccc(F)c2)c1C. The molecule has 1 atom stereocenters. The van der Waals surface area contributed by atoms with Crippen molar-refractivity contribution in [1.82, 2.24) is 4.57 Å². The normalized spacial score (nSPS) is 12.3. The van der Waals surface area contributed by atoms with Crippen LogP contribution in [0.1, 0.15) is 40.3 Å². The van der Waals surface area contributed by atoms with Crippen LogP contribution in [0, 0.1) is 19.7 Å². The monoisotopic (exact) mass is 373 g/mol. The molecule has 0 spiro atoms. The largest absolute Gasteiger partial charge is 0.454 e. The van der Waals surface area contributed by atoms with Gasteiger partial charge in [-0.1, -0.05) is 12.1 Å². The van der Waals surface area contributed by atoms with Gasteiger partial charge in [-0.25, -0.2) is 9.18 Å². The number of hydrogen-bond donors (Lipinski definition) is 0. The molecule has 0 N–H and O–H groups in total. The first kappa shape index (κ1) is 20.6. The van der Waals surface area contributed by atoms with E-state index in [2.05, 4.69) is 0 Å². The van der Waals surface area contributed by atoms with Crippen LogP contribution in [0.3, 0.4) is 0 Å². The molecule has 0 saturated carbocycles. The van der Waals surface area contributed by atoms with E-state index in [0.29, 0.717) is 17.7 Å². The van der Waals surface area contributed by atoms with Crippen LogP contribution in [-0.4, -0.2) is 36.6 Å². The van der Waals surface area contributed by atoms with Gasteiger partial charge in [-0.05, 0) is 50.6 Å². The van der Waals surface area contributed by atoms with E-state index in [1.807, 2.05) is 25.3 Å². The summed E-state index contributed by atoms with van der Waals surface area (Å²) in [6, 6.07) is 7.70. The summed E-state index contributed by atoms with van der Waals surface area (Å²) in [6.45, 7) is 5.97. The number of halogens is 1. The second-order valence-corrected chi connectivity index (χ2v) is 6.38. The van der Waals surface area contributed by atoms with Crippen LogP contribution in [0.2, 0.25) is 0 Å². The number of aromatic nitrogens is 1. The van der Waals surface area contributed by atoms with Crippen LogP contribution in [0.5, 0.6) is 0 Å². The minimum Gasteiger partial charge on any atom is -0.454 e. The molecule has 144 valence electrons. The van der Waals surface area contributed by atoms with Gasteiger partial charge in [-0.15, -0.1) is 0 Å². The summed E-state index contributed by atoms with van der Waals surface area (Å²) in [6.07, 6.45) is 2.61. The summed E-state index contributed by atoms with van der Waals surface area (Å²) < 4.78 is 25.3. The maximum atomic E-state index is 13.1. The van der Waals surface area contributed by atoms with Crippen molar-refractivity contribution in [3.05, 3.63) is 64.7 Å². The van der Waals surface area contributed by atoms with E-state index in [-0.39, 0.29) is 18.4 Å². The lowest BCUT2D eigenvalue weighted by molar-refractivity contribution is -0.136. The standard InChI is InChI=1S/C21H24FNO4/c1-14-10-19(16(3)23(14)15(2)12-26-4)20(24)13-27-21(25)9-8-17-6-5-7-18(22)11-17/h5-11,15H,12-13H2,1-4H3/b9-8+. The molecule has 1 unspecified atom stereocenters. The van der Waals surface area contributed by atoms with E-state index >= 15 is 0 Å². The van der Waals surface area contributed by atoms with Gasteiger partial charge >= 0.3 is 5.97 Å². The minimum atomic E-state index is -0.658. The summed E-state index contributed by atoms with van der Waals surface area (Å²) in [5, 5.41) is 0. The van der Waals surface area contributed by atoms with Crippen LogP contribution in [-0.2, 0) is 14.3 Å². The molecule has 0 bridgehead atoms. The van der Waals surface area contributed by atoms with E-state index in [1.54, 1.807) is 25.3 Å². The summed E-state index contributed by atoms with van der Waals surface area (Å²) >= 11 is 0. The van der Waals surface area contributed by atoms with Gasteiger partial charge in [0.2, 0.25) is 5.78 Å². The summed E-state index contributed by atoms with van der Waals surface area (Å²) in [4.78, 5) is 24.3. The Balaban J connectivity index is 1.99. The molecule has 0 fully saturated rings. The molecule has 2 rings (SSSR count). The van der Waals surface area contributed by atoms with Crippen molar-refractivity contribution in [2.45, 2.75) is 26.8 Å². The quantitative estimate of drug-likeness (QED) is 0.400. The minimum absolute atomic E-state index is 0.0910. The van der Waals surface area contributed by atoms with Gasteiger partial charge in [0.1, 0.15) is 5.82 Å². The maximum absolute atomic E-state index is 13.1. The topological polar surface area (TPSA) is 57.5 Å². The van der Waals surface area contributed by atoms with Crippen molar-refractivity contribution in [1.29, 1.82) is 0 Å². The molecule has 1 aromatic heterocycles. The number of esters is 1. The molecule has 0 saturated heterocycles. The number of Topliss-reactive ketones (excluding diaryl/α,β-unsaturated/α-hetero) is 1. The number of carbonyl (C=O) groups excluding carboxylic acids is 2. The summed E-state index contributed by atoms with van der Waals surface area (Å²) in [5.74, 6) is -1.32. The second kappa shape index (κ2) is 9.28. The van der Waals surface area contributed by atoms with Crippen molar-refractivity contribution in [2.75, 3.05) is 20.3 Å². The van der Waals surface area contributed by atoms with Gasteiger partial charge in [0, 0.05) is 30.1 Å². The number of rotatable bonds is 8. The van der Waals surface area contributed by atoms with Gasteiger partial charge in [-0.3, -0.25) is 4.79 Å².